The summed E-state index contributed by atoms with van der Waals surface area (Å²) in [5, 5.41) is 19.2. The van der Waals surface area contributed by atoms with E-state index in [1.165, 1.54) is 0 Å². The summed E-state index contributed by atoms with van der Waals surface area (Å²) in [6.07, 6.45) is 0.909. The summed E-state index contributed by atoms with van der Waals surface area (Å²) in [4.78, 5) is 32.7. The van der Waals surface area contributed by atoms with Gasteiger partial charge in [0.1, 0.15) is 6.54 Å². The highest BCUT2D eigenvalue weighted by molar-refractivity contribution is 5.71. The lowest BCUT2D eigenvalue weighted by Crippen LogP contribution is -2.45. The maximum absolute atomic E-state index is 11.7. The first-order valence-electron chi connectivity index (χ1n) is 7.01. The summed E-state index contributed by atoms with van der Waals surface area (Å²) in [5.74, 6) is -2.55. The van der Waals surface area contributed by atoms with Crippen molar-refractivity contribution >= 4 is 17.9 Å². The second kappa shape index (κ2) is 9.33. The molecule has 0 saturated heterocycles. The number of quaternary nitrogens is 1. The van der Waals surface area contributed by atoms with Crippen LogP contribution in [0.15, 0.2) is 0 Å². The van der Waals surface area contributed by atoms with Gasteiger partial charge in [0.2, 0.25) is 0 Å². The number of esters is 1. The molecule has 1 atom stereocenters. The smallest absolute Gasteiger partial charge is 0.306 e. The minimum absolute atomic E-state index is 0.0872. The van der Waals surface area contributed by atoms with Crippen LogP contribution in [0.3, 0.4) is 0 Å². The van der Waals surface area contributed by atoms with Crippen LogP contribution < -0.4 is 5.11 Å². The number of carboxylic acid groups (broad SMARTS) is 2. The average Bonchev–Trinajstić information content (AvgIpc) is 2.24. The average molecular weight is 303 g/mol. The molecule has 0 bridgehead atoms. The van der Waals surface area contributed by atoms with Crippen LogP contribution in [0, 0.1) is 0 Å². The number of hydrogen-bond donors (Lipinski definition) is 1. The van der Waals surface area contributed by atoms with Gasteiger partial charge in [0.05, 0.1) is 21.1 Å². The van der Waals surface area contributed by atoms with E-state index in [0.29, 0.717) is 30.3 Å². The molecule has 0 aromatic rings. The third kappa shape index (κ3) is 13.1. The Labute approximate surface area is 125 Å². The van der Waals surface area contributed by atoms with Crippen molar-refractivity contribution in [2.75, 3.05) is 27.7 Å². The van der Waals surface area contributed by atoms with Crippen molar-refractivity contribution < 1.29 is 33.8 Å². The van der Waals surface area contributed by atoms with Crippen molar-refractivity contribution in [1.29, 1.82) is 0 Å². The van der Waals surface area contributed by atoms with Gasteiger partial charge in [0, 0.05) is 25.2 Å². The minimum Gasteiger partial charge on any atom is -0.550 e. The number of carboxylic acids is 2. The van der Waals surface area contributed by atoms with Crippen LogP contribution in [0.1, 0.15) is 38.5 Å². The Balaban J connectivity index is 4.09. The molecule has 1 N–H and O–H groups in total. The molecule has 0 aliphatic rings. The van der Waals surface area contributed by atoms with Crippen molar-refractivity contribution in [2.45, 2.75) is 44.6 Å². The van der Waals surface area contributed by atoms with Gasteiger partial charge in [0.25, 0.3) is 0 Å². The molecule has 0 aromatic carbocycles. The van der Waals surface area contributed by atoms with Crippen LogP contribution in [0.2, 0.25) is 0 Å². The normalized spacial score (nSPS) is 12.7. The number of nitrogens with zero attached hydrogens (tertiary/aromatic N) is 1. The first-order valence-corrected chi connectivity index (χ1v) is 7.01. The number of carbonyl (C=O) groups excluding carboxylic acids is 2. The molecule has 0 heterocycles. The van der Waals surface area contributed by atoms with Crippen molar-refractivity contribution in [3.05, 3.63) is 0 Å². The SMILES string of the molecule is C[N+](C)(C)CC(CC(=O)[O-])OC(=O)CCCCCC(=O)O. The molecule has 0 spiro atoms. The third-order valence-corrected chi connectivity index (χ3v) is 2.72. The molecular weight excluding hydrogens is 278 g/mol. The number of rotatable bonds is 11. The van der Waals surface area contributed by atoms with E-state index >= 15 is 0 Å². The molecule has 1 unspecified atom stereocenters. The molecule has 0 amide bonds. The molecule has 0 radical (unpaired) electrons. The second-order valence-corrected chi connectivity index (χ2v) is 6.12. The van der Waals surface area contributed by atoms with E-state index in [2.05, 4.69) is 0 Å². The summed E-state index contributed by atoms with van der Waals surface area (Å²) in [7, 11) is 5.63. The maximum atomic E-state index is 11.7. The number of likely N-dealkylation sites (N-methyl/N-ethyl adjacent to an activating group) is 1. The predicted molar refractivity (Wildman–Crippen MR) is 73.1 cm³/mol. The van der Waals surface area contributed by atoms with Gasteiger partial charge in [-0.2, -0.15) is 0 Å². The number of hydrogen-bond acceptors (Lipinski definition) is 5. The van der Waals surface area contributed by atoms with Gasteiger partial charge in [-0.05, 0) is 12.8 Å². The minimum atomic E-state index is -1.25. The lowest BCUT2D eigenvalue weighted by atomic mass is 10.1. The van der Waals surface area contributed by atoms with Crippen LogP contribution in [0.4, 0.5) is 0 Å². The molecule has 7 nitrogen and oxygen atoms in total. The summed E-state index contributed by atoms with van der Waals surface area (Å²) in [5.41, 5.74) is 0. The quantitative estimate of drug-likeness (QED) is 0.321. The zero-order valence-corrected chi connectivity index (χ0v) is 13.0. The highest BCUT2D eigenvalue weighted by Crippen LogP contribution is 2.09. The first kappa shape index (κ1) is 19.4. The number of ether oxygens (including phenoxy) is 1. The van der Waals surface area contributed by atoms with Gasteiger partial charge in [-0.25, -0.2) is 0 Å². The Morgan fingerprint density at radius 2 is 1.67 bits per heavy atom. The van der Waals surface area contributed by atoms with Gasteiger partial charge in [0.15, 0.2) is 6.10 Å². The van der Waals surface area contributed by atoms with E-state index in [9.17, 15) is 19.5 Å². The van der Waals surface area contributed by atoms with E-state index in [0.717, 1.165) is 0 Å². The molecule has 21 heavy (non-hydrogen) atoms. The van der Waals surface area contributed by atoms with Crippen molar-refractivity contribution in [1.82, 2.24) is 0 Å². The van der Waals surface area contributed by atoms with Crippen LogP contribution in [0.5, 0.6) is 0 Å². The largest absolute Gasteiger partial charge is 0.550 e. The molecule has 0 saturated carbocycles. The number of carbonyl (C=O) groups is 3. The maximum Gasteiger partial charge on any atom is 0.306 e. The zero-order valence-electron chi connectivity index (χ0n) is 13.0. The summed E-state index contributed by atoms with van der Waals surface area (Å²) < 4.78 is 5.65. The van der Waals surface area contributed by atoms with Crippen LogP contribution >= 0.6 is 0 Å². The summed E-state index contributed by atoms with van der Waals surface area (Å²) in [6, 6.07) is 0. The number of unbranched alkanes of at least 4 members (excludes halogenated alkanes) is 2. The topological polar surface area (TPSA) is 104 Å². The summed E-state index contributed by atoms with van der Waals surface area (Å²) in [6.45, 7) is 0.388. The Morgan fingerprint density at radius 1 is 1.10 bits per heavy atom. The standard InChI is InChI=1S/C14H25NO6/c1-15(2,3)10-11(9-13(18)19)21-14(20)8-6-4-5-7-12(16)17/h11H,4-10H2,1-3H3,(H-,16,17,18,19). The van der Waals surface area contributed by atoms with E-state index in [4.69, 9.17) is 9.84 Å². The van der Waals surface area contributed by atoms with Crippen molar-refractivity contribution in [3.8, 4) is 0 Å². The molecule has 122 valence electrons. The molecular formula is C14H25NO6. The molecule has 0 fully saturated rings. The van der Waals surface area contributed by atoms with E-state index in [-0.39, 0.29) is 19.3 Å². The van der Waals surface area contributed by atoms with Gasteiger partial charge in [-0.1, -0.05) is 6.42 Å². The van der Waals surface area contributed by atoms with Crippen LogP contribution in [-0.2, 0) is 19.1 Å². The fourth-order valence-electron chi connectivity index (χ4n) is 1.91. The lowest BCUT2D eigenvalue weighted by molar-refractivity contribution is -0.873. The van der Waals surface area contributed by atoms with Gasteiger partial charge in [-0.3, -0.25) is 9.59 Å². The second-order valence-electron chi connectivity index (χ2n) is 6.12. The molecule has 0 aromatic heterocycles. The summed E-state index contributed by atoms with van der Waals surface area (Å²) >= 11 is 0. The fraction of sp³-hybridized carbons (Fsp3) is 0.786. The molecule has 0 rings (SSSR count). The molecule has 7 heteroatoms. The Hall–Kier alpha value is -1.63. The Bertz CT molecular complexity index is 361. The van der Waals surface area contributed by atoms with Crippen molar-refractivity contribution in [2.24, 2.45) is 0 Å². The van der Waals surface area contributed by atoms with Gasteiger partial charge < -0.3 is 24.2 Å². The zero-order chi connectivity index (χ0) is 16.5. The third-order valence-electron chi connectivity index (χ3n) is 2.72. The van der Waals surface area contributed by atoms with Crippen LogP contribution in [-0.4, -0.2) is 61.3 Å². The van der Waals surface area contributed by atoms with Crippen LogP contribution in [0.25, 0.3) is 0 Å². The first-order chi connectivity index (χ1) is 9.60. The Morgan fingerprint density at radius 3 is 2.14 bits per heavy atom. The van der Waals surface area contributed by atoms with E-state index < -0.39 is 24.0 Å². The van der Waals surface area contributed by atoms with E-state index in [1.807, 2.05) is 21.1 Å². The lowest BCUT2D eigenvalue weighted by Gasteiger charge is -2.29. The highest BCUT2D eigenvalue weighted by atomic mass is 16.5. The Kier molecular flexibility index (Phi) is 8.61. The highest BCUT2D eigenvalue weighted by Gasteiger charge is 2.22. The predicted octanol–water partition coefficient (Wildman–Crippen LogP) is -0.220. The van der Waals surface area contributed by atoms with Gasteiger partial charge >= 0.3 is 11.9 Å². The fourth-order valence-corrected chi connectivity index (χ4v) is 1.91. The van der Waals surface area contributed by atoms with Gasteiger partial charge in [-0.15, -0.1) is 0 Å². The van der Waals surface area contributed by atoms with E-state index in [1.54, 1.807) is 0 Å². The monoisotopic (exact) mass is 303 g/mol. The molecule has 0 aliphatic heterocycles. The number of aliphatic carboxylic acids is 2. The van der Waals surface area contributed by atoms with Crippen molar-refractivity contribution in [3.63, 3.8) is 0 Å². The molecule has 0 aliphatic carbocycles.